The van der Waals surface area contributed by atoms with Gasteiger partial charge in [-0.25, -0.2) is 14.6 Å². The molecule has 2 heterocycles. The molecule has 0 saturated heterocycles. The largest absolute Gasteiger partial charge is 0.416 e. The van der Waals surface area contributed by atoms with Crippen molar-refractivity contribution in [2.45, 2.75) is 37.0 Å². The highest BCUT2D eigenvalue weighted by Gasteiger charge is 2.30. The number of carbonyl (C=O) groups is 1. The summed E-state index contributed by atoms with van der Waals surface area (Å²) in [6.45, 7) is 5.59. The van der Waals surface area contributed by atoms with E-state index in [4.69, 9.17) is 4.74 Å². The third-order valence-corrected chi connectivity index (χ3v) is 5.34. The Morgan fingerprint density at radius 1 is 1.24 bits per heavy atom. The lowest BCUT2D eigenvalue weighted by molar-refractivity contribution is -0.137. The molecular weight excluding hydrogens is 457 g/mol. The summed E-state index contributed by atoms with van der Waals surface area (Å²) < 4.78 is 45.4. The van der Waals surface area contributed by atoms with E-state index in [1.54, 1.807) is 18.0 Å². The Kier molecular flexibility index (Phi) is 8.14. The summed E-state index contributed by atoms with van der Waals surface area (Å²) in [5.41, 5.74) is -0.326. The summed E-state index contributed by atoms with van der Waals surface area (Å²) in [5, 5.41) is 11.8. The van der Waals surface area contributed by atoms with Crippen molar-refractivity contribution >= 4 is 34.5 Å². The first-order chi connectivity index (χ1) is 15.7. The molecule has 1 aromatic carbocycles. The van der Waals surface area contributed by atoms with Crippen molar-refractivity contribution < 1.29 is 22.7 Å². The normalized spacial score (nSPS) is 11.8. The lowest BCUT2D eigenvalue weighted by Crippen LogP contribution is -2.27. The molecule has 0 radical (unpaired) electrons. The highest BCUT2D eigenvalue weighted by atomic mass is 32.2. The number of hydrogen-bond acceptors (Lipinski definition) is 7. The number of hydrogen-bond donors (Lipinski definition) is 2. The number of benzene rings is 1. The summed E-state index contributed by atoms with van der Waals surface area (Å²) in [5.74, 6) is 0.0459. The van der Waals surface area contributed by atoms with Crippen LogP contribution in [0.4, 0.5) is 19.0 Å². The van der Waals surface area contributed by atoms with Gasteiger partial charge in [0.1, 0.15) is 5.82 Å². The summed E-state index contributed by atoms with van der Waals surface area (Å²) >= 11 is 1.51. The molecule has 1 amide bonds. The molecule has 0 aliphatic heterocycles. The summed E-state index contributed by atoms with van der Waals surface area (Å²) in [7, 11) is 1.61. The van der Waals surface area contributed by atoms with Gasteiger partial charge in [0.05, 0.1) is 30.3 Å². The maximum absolute atomic E-state index is 12.9. The Morgan fingerprint density at radius 2 is 2.03 bits per heavy atom. The smallest absolute Gasteiger partial charge is 0.383 e. The molecule has 178 valence electrons. The van der Waals surface area contributed by atoms with Crippen molar-refractivity contribution in [3.63, 3.8) is 0 Å². The molecule has 0 fully saturated rings. The number of nitrogens with one attached hydrogen (secondary N) is 2. The maximum atomic E-state index is 12.9. The van der Waals surface area contributed by atoms with Crippen LogP contribution in [0.3, 0.4) is 0 Å². The molecule has 0 aliphatic carbocycles. The number of carbonyl (C=O) groups excluding carboxylic acids is 1. The molecule has 0 saturated carbocycles. The van der Waals surface area contributed by atoms with Gasteiger partial charge in [0.25, 0.3) is 5.91 Å². The van der Waals surface area contributed by atoms with E-state index in [2.05, 4.69) is 25.7 Å². The van der Waals surface area contributed by atoms with Gasteiger partial charge < -0.3 is 15.4 Å². The molecular formula is C21H25F3N6O2S. The van der Waals surface area contributed by atoms with Crippen LogP contribution < -0.4 is 10.6 Å². The lowest BCUT2D eigenvalue weighted by atomic mass is 10.1. The summed E-state index contributed by atoms with van der Waals surface area (Å²) in [4.78, 5) is 21.5. The van der Waals surface area contributed by atoms with Gasteiger partial charge in [0.15, 0.2) is 10.8 Å². The second-order valence-corrected chi connectivity index (χ2v) is 8.92. The number of anilines is 1. The van der Waals surface area contributed by atoms with Gasteiger partial charge in [-0.15, -0.1) is 0 Å². The van der Waals surface area contributed by atoms with Crippen molar-refractivity contribution in [2.75, 3.05) is 32.1 Å². The quantitative estimate of drug-likeness (QED) is 0.258. The second-order valence-electron chi connectivity index (χ2n) is 7.38. The van der Waals surface area contributed by atoms with Gasteiger partial charge in [0, 0.05) is 31.0 Å². The fourth-order valence-electron chi connectivity index (χ4n) is 2.98. The van der Waals surface area contributed by atoms with Gasteiger partial charge in [-0.2, -0.15) is 18.3 Å². The molecule has 2 N–H and O–H groups in total. The zero-order chi connectivity index (χ0) is 24.0. The minimum Gasteiger partial charge on any atom is -0.383 e. The first-order valence-electron chi connectivity index (χ1n) is 10.3. The molecule has 0 unspecified atom stereocenters. The third-order valence-electron chi connectivity index (χ3n) is 4.48. The molecule has 0 atom stereocenters. The number of rotatable bonds is 10. The van der Waals surface area contributed by atoms with Crippen LogP contribution >= 0.6 is 11.8 Å². The zero-order valence-corrected chi connectivity index (χ0v) is 19.3. The molecule has 0 bridgehead atoms. The number of aromatic nitrogens is 4. The Balaban J connectivity index is 1.73. The predicted octanol–water partition coefficient (Wildman–Crippen LogP) is 3.83. The van der Waals surface area contributed by atoms with Crippen LogP contribution in [0.25, 0.3) is 11.0 Å². The highest BCUT2D eigenvalue weighted by molar-refractivity contribution is 7.99. The summed E-state index contributed by atoms with van der Waals surface area (Å²) in [6, 6.07) is 4.31. The number of ether oxygens (including phenoxy) is 1. The molecule has 0 aliphatic rings. The fourth-order valence-corrected chi connectivity index (χ4v) is 3.69. The zero-order valence-electron chi connectivity index (χ0n) is 18.4. The van der Waals surface area contributed by atoms with E-state index < -0.39 is 17.6 Å². The third kappa shape index (κ3) is 6.57. The van der Waals surface area contributed by atoms with Crippen LogP contribution in [0, 0.1) is 0 Å². The average molecular weight is 483 g/mol. The van der Waals surface area contributed by atoms with Gasteiger partial charge in [-0.3, -0.25) is 4.79 Å². The monoisotopic (exact) mass is 482 g/mol. The second kappa shape index (κ2) is 10.8. The SMILES string of the molecule is COCCNc1nc(SC(C)C)nc2c1cnn2CCNC(=O)c1cccc(C(F)(F)F)c1. The van der Waals surface area contributed by atoms with Crippen molar-refractivity contribution in [3.8, 4) is 0 Å². The maximum Gasteiger partial charge on any atom is 0.416 e. The molecule has 0 spiro atoms. The first-order valence-corrected chi connectivity index (χ1v) is 11.2. The van der Waals surface area contributed by atoms with Crippen LogP contribution in [0.2, 0.25) is 0 Å². The molecule has 12 heteroatoms. The van der Waals surface area contributed by atoms with Crippen LogP contribution in [-0.4, -0.2) is 57.7 Å². The Bertz CT molecular complexity index is 1100. The highest BCUT2D eigenvalue weighted by Crippen LogP contribution is 2.29. The van der Waals surface area contributed by atoms with Gasteiger partial charge in [0.2, 0.25) is 0 Å². The predicted molar refractivity (Wildman–Crippen MR) is 120 cm³/mol. The molecule has 2 aromatic heterocycles. The number of thioether (sulfide) groups is 1. The molecule has 3 rings (SSSR count). The topological polar surface area (TPSA) is 94.0 Å². The average Bonchev–Trinajstić information content (AvgIpc) is 3.16. The van der Waals surface area contributed by atoms with E-state index in [1.807, 2.05) is 13.8 Å². The number of amides is 1. The molecule has 3 aromatic rings. The van der Waals surface area contributed by atoms with E-state index in [0.717, 1.165) is 17.5 Å². The van der Waals surface area contributed by atoms with Crippen molar-refractivity contribution in [2.24, 2.45) is 0 Å². The number of methoxy groups -OCH3 is 1. The standard InChI is InChI=1S/C21H25F3N6O2S/c1-13(2)33-20-28-17(25-8-10-32-3)16-12-27-30(18(16)29-20)9-7-26-19(31)14-5-4-6-15(11-14)21(22,23)24/h4-6,11-13H,7-10H2,1-3H3,(H,26,31)(H,25,28,29). The fraction of sp³-hybridized carbons (Fsp3) is 0.429. The Morgan fingerprint density at radius 3 is 2.73 bits per heavy atom. The minimum absolute atomic E-state index is 0.0577. The van der Waals surface area contributed by atoms with E-state index in [0.29, 0.717) is 29.8 Å². The van der Waals surface area contributed by atoms with Crippen molar-refractivity contribution in [3.05, 3.63) is 41.6 Å². The number of halogens is 3. The number of fused-ring (bicyclic) bond motifs is 1. The molecule has 33 heavy (non-hydrogen) atoms. The van der Waals surface area contributed by atoms with Gasteiger partial charge in [-0.1, -0.05) is 31.7 Å². The summed E-state index contributed by atoms with van der Waals surface area (Å²) in [6.07, 6.45) is -2.87. The van der Waals surface area contributed by atoms with Crippen LogP contribution in [-0.2, 0) is 17.5 Å². The van der Waals surface area contributed by atoms with E-state index >= 15 is 0 Å². The Labute approximate surface area is 193 Å². The number of alkyl halides is 3. The van der Waals surface area contributed by atoms with Crippen LogP contribution in [0.1, 0.15) is 29.8 Å². The van der Waals surface area contributed by atoms with E-state index in [1.165, 1.54) is 23.9 Å². The minimum atomic E-state index is -4.51. The van der Waals surface area contributed by atoms with E-state index in [9.17, 15) is 18.0 Å². The van der Waals surface area contributed by atoms with Gasteiger partial charge in [-0.05, 0) is 18.2 Å². The van der Waals surface area contributed by atoms with Crippen molar-refractivity contribution in [1.29, 1.82) is 0 Å². The lowest BCUT2D eigenvalue weighted by Gasteiger charge is -2.11. The first kappa shape index (κ1) is 24.8. The van der Waals surface area contributed by atoms with Crippen molar-refractivity contribution in [1.82, 2.24) is 25.1 Å². The Hall–Kier alpha value is -2.86. The van der Waals surface area contributed by atoms with E-state index in [-0.39, 0.29) is 23.9 Å². The number of nitrogens with zero attached hydrogens (tertiary/aromatic N) is 4. The molecule has 8 nitrogen and oxygen atoms in total. The van der Waals surface area contributed by atoms with Crippen LogP contribution in [0.5, 0.6) is 0 Å². The van der Waals surface area contributed by atoms with Gasteiger partial charge >= 0.3 is 6.18 Å². The van der Waals surface area contributed by atoms with Crippen LogP contribution in [0.15, 0.2) is 35.6 Å².